The first-order valence-corrected chi connectivity index (χ1v) is 9.31. The molecule has 0 amide bonds. The van der Waals surface area contributed by atoms with E-state index >= 15 is 0 Å². The van der Waals surface area contributed by atoms with Crippen molar-refractivity contribution in [3.63, 3.8) is 0 Å². The van der Waals surface area contributed by atoms with Crippen LogP contribution in [0.4, 0.5) is 0 Å². The van der Waals surface area contributed by atoms with E-state index in [4.69, 9.17) is 16.3 Å². The Bertz CT molecular complexity index is 667. The van der Waals surface area contributed by atoms with E-state index < -0.39 is 15.8 Å². The number of hydrogen-bond acceptors (Lipinski definition) is 5. The molecule has 0 aliphatic rings. The highest BCUT2D eigenvalue weighted by molar-refractivity contribution is 7.91. The van der Waals surface area contributed by atoms with Crippen LogP contribution >= 0.6 is 11.6 Å². The van der Waals surface area contributed by atoms with E-state index in [0.29, 0.717) is 25.0 Å². The molecule has 0 spiro atoms. The van der Waals surface area contributed by atoms with Gasteiger partial charge in [-0.15, -0.1) is 0 Å². The van der Waals surface area contributed by atoms with Crippen molar-refractivity contribution in [2.45, 2.75) is 37.5 Å². The molecule has 1 aromatic carbocycles. The molecule has 0 bridgehead atoms. The van der Waals surface area contributed by atoms with Crippen molar-refractivity contribution in [1.82, 2.24) is 0 Å². The summed E-state index contributed by atoms with van der Waals surface area (Å²) in [5, 5.41) is 9.33. The lowest BCUT2D eigenvalue weighted by molar-refractivity contribution is -0.139. The summed E-state index contributed by atoms with van der Waals surface area (Å²) in [6.07, 6.45) is 2.68. The fraction of sp³-hybridized carbons (Fsp3) is 0.438. The topological polar surface area (TPSA) is 80.7 Å². The smallest absolute Gasteiger partial charge is 0.333 e. The Labute approximate surface area is 141 Å². The average Bonchev–Trinajstić information content (AvgIpc) is 2.48. The number of halogens is 1. The Hall–Kier alpha value is -1.53. The van der Waals surface area contributed by atoms with Crippen LogP contribution in [0.15, 0.2) is 35.2 Å². The monoisotopic (exact) mass is 360 g/mol. The molecular formula is C16H21ClO5S. The van der Waals surface area contributed by atoms with E-state index in [9.17, 15) is 18.3 Å². The predicted molar refractivity (Wildman–Crippen MR) is 89.4 cm³/mol. The molecule has 0 saturated carbocycles. The van der Waals surface area contributed by atoms with Crippen LogP contribution in [0.25, 0.3) is 0 Å². The van der Waals surface area contributed by atoms with Gasteiger partial charge in [0.25, 0.3) is 0 Å². The number of phenolic OH excluding ortho intramolecular Hbond substituents is 1. The number of rotatable bonds is 9. The second kappa shape index (κ2) is 8.93. The van der Waals surface area contributed by atoms with Crippen molar-refractivity contribution >= 4 is 27.4 Å². The molecule has 0 saturated heterocycles. The molecule has 1 aromatic rings. The second-order valence-electron chi connectivity index (χ2n) is 5.26. The van der Waals surface area contributed by atoms with E-state index in [1.165, 1.54) is 18.2 Å². The molecule has 1 N–H and O–H groups in total. The van der Waals surface area contributed by atoms with Crippen LogP contribution in [0.1, 0.15) is 32.6 Å². The van der Waals surface area contributed by atoms with Crippen molar-refractivity contribution in [2.24, 2.45) is 0 Å². The van der Waals surface area contributed by atoms with Crippen LogP contribution < -0.4 is 0 Å². The number of carbonyl (C=O) groups is 1. The average molecular weight is 361 g/mol. The van der Waals surface area contributed by atoms with Gasteiger partial charge in [-0.05, 0) is 38.0 Å². The Morgan fingerprint density at radius 3 is 2.52 bits per heavy atom. The van der Waals surface area contributed by atoms with Gasteiger partial charge >= 0.3 is 5.97 Å². The van der Waals surface area contributed by atoms with E-state index in [1.807, 2.05) is 0 Å². The third-order valence-corrected chi connectivity index (χ3v) is 5.27. The third-order valence-electron chi connectivity index (χ3n) is 3.17. The molecule has 0 unspecified atom stereocenters. The SMILES string of the molecule is C=C(C)C(=O)OCCCCCCS(=O)(=O)c1ccc(O)c(Cl)c1. The Morgan fingerprint density at radius 2 is 1.91 bits per heavy atom. The first-order chi connectivity index (χ1) is 10.7. The molecule has 0 fully saturated rings. The molecule has 7 heteroatoms. The van der Waals surface area contributed by atoms with E-state index in [2.05, 4.69) is 6.58 Å². The summed E-state index contributed by atoms with van der Waals surface area (Å²) in [5.41, 5.74) is 0.364. The number of unbranched alkanes of at least 4 members (excludes halogenated alkanes) is 3. The molecule has 0 heterocycles. The lowest BCUT2D eigenvalue weighted by atomic mass is 10.2. The van der Waals surface area contributed by atoms with Crippen LogP contribution in [-0.4, -0.2) is 31.9 Å². The van der Waals surface area contributed by atoms with Gasteiger partial charge in [0.05, 0.1) is 22.3 Å². The van der Waals surface area contributed by atoms with Crippen LogP contribution in [0.5, 0.6) is 5.75 Å². The van der Waals surface area contributed by atoms with Gasteiger partial charge in [0, 0.05) is 5.57 Å². The number of sulfone groups is 1. The standard InChI is InChI=1S/C16H21ClO5S/c1-12(2)16(19)22-9-5-3-4-6-10-23(20,21)13-7-8-15(18)14(17)11-13/h7-8,11,18H,1,3-6,9-10H2,2H3. The van der Waals surface area contributed by atoms with E-state index in [-0.39, 0.29) is 21.4 Å². The molecule has 0 aliphatic heterocycles. The van der Waals surface area contributed by atoms with Gasteiger partial charge in [-0.1, -0.05) is 31.0 Å². The molecule has 0 radical (unpaired) electrons. The minimum Gasteiger partial charge on any atom is -0.506 e. The van der Waals surface area contributed by atoms with Crippen molar-refractivity contribution in [2.75, 3.05) is 12.4 Å². The zero-order chi connectivity index (χ0) is 17.5. The van der Waals surface area contributed by atoms with Crippen LogP contribution in [0, 0.1) is 0 Å². The minimum atomic E-state index is -3.41. The molecule has 0 aliphatic carbocycles. The number of carbonyl (C=O) groups excluding carboxylic acids is 1. The highest BCUT2D eigenvalue weighted by atomic mass is 35.5. The molecule has 5 nitrogen and oxygen atoms in total. The predicted octanol–water partition coefficient (Wildman–Crippen LogP) is 3.50. The van der Waals surface area contributed by atoms with Gasteiger partial charge in [0.1, 0.15) is 5.75 Å². The quantitative estimate of drug-likeness (QED) is 0.414. The first-order valence-electron chi connectivity index (χ1n) is 7.28. The summed E-state index contributed by atoms with van der Waals surface area (Å²) < 4.78 is 29.2. The molecule has 128 valence electrons. The zero-order valence-corrected chi connectivity index (χ0v) is 14.6. The normalized spacial score (nSPS) is 11.2. The fourth-order valence-electron chi connectivity index (χ4n) is 1.83. The number of benzene rings is 1. The van der Waals surface area contributed by atoms with Crippen molar-refractivity contribution < 1.29 is 23.1 Å². The third kappa shape index (κ3) is 6.62. The Kier molecular flexibility index (Phi) is 7.58. The number of esters is 1. The van der Waals surface area contributed by atoms with Gasteiger partial charge in [0.2, 0.25) is 0 Å². The highest BCUT2D eigenvalue weighted by Gasteiger charge is 2.15. The van der Waals surface area contributed by atoms with Crippen molar-refractivity contribution in [3.8, 4) is 5.75 Å². The van der Waals surface area contributed by atoms with Crippen LogP contribution in [-0.2, 0) is 19.4 Å². The Balaban J connectivity index is 2.30. The minimum absolute atomic E-state index is 0.0135. The molecule has 1 rings (SSSR count). The summed E-state index contributed by atoms with van der Waals surface area (Å²) >= 11 is 5.72. The maximum Gasteiger partial charge on any atom is 0.333 e. The van der Waals surface area contributed by atoms with Gasteiger partial charge in [-0.25, -0.2) is 13.2 Å². The molecular weight excluding hydrogens is 340 g/mol. The van der Waals surface area contributed by atoms with Crippen LogP contribution in [0.2, 0.25) is 5.02 Å². The van der Waals surface area contributed by atoms with E-state index in [0.717, 1.165) is 12.8 Å². The summed E-state index contributed by atoms with van der Waals surface area (Å²) in [4.78, 5) is 11.2. The lowest BCUT2D eigenvalue weighted by Crippen LogP contribution is -2.08. The Morgan fingerprint density at radius 1 is 1.26 bits per heavy atom. The fourth-order valence-corrected chi connectivity index (χ4v) is 3.47. The number of aromatic hydroxyl groups is 1. The highest BCUT2D eigenvalue weighted by Crippen LogP contribution is 2.26. The summed E-state index contributed by atoms with van der Waals surface area (Å²) in [5.74, 6) is -0.536. The zero-order valence-electron chi connectivity index (χ0n) is 13.0. The van der Waals surface area contributed by atoms with Gasteiger partial charge < -0.3 is 9.84 Å². The maximum atomic E-state index is 12.1. The van der Waals surface area contributed by atoms with Crippen molar-refractivity contribution in [1.29, 1.82) is 0 Å². The molecule has 0 aromatic heterocycles. The largest absolute Gasteiger partial charge is 0.506 e. The summed E-state index contributed by atoms with van der Waals surface area (Å²) in [6, 6.07) is 3.86. The van der Waals surface area contributed by atoms with Gasteiger partial charge in [-0.2, -0.15) is 0 Å². The second-order valence-corrected chi connectivity index (χ2v) is 7.78. The summed E-state index contributed by atoms with van der Waals surface area (Å²) in [6.45, 7) is 5.38. The number of ether oxygens (including phenoxy) is 1. The van der Waals surface area contributed by atoms with E-state index in [1.54, 1.807) is 6.92 Å². The van der Waals surface area contributed by atoms with Crippen molar-refractivity contribution in [3.05, 3.63) is 35.4 Å². The van der Waals surface area contributed by atoms with Gasteiger partial charge in [0.15, 0.2) is 9.84 Å². The molecule has 0 atom stereocenters. The van der Waals surface area contributed by atoms with Crippen LogP contribution in [0.3, 0.4) is 0 Å². The summed E-state index contributed by atoms with van der Waals surface area (Å²) in [7, 11) is -3.41. The number of phenols is 1. The maximum absolute atomic E-state index is 12.1. The number of hydrogen-bond donors (Lipinski definition) is 1. The molecule has 23 heavy (non-hydrogen) atoms. The lowest BCUT2D eigenvalue weighted by Gasteiger charge is -2.06. The van der Waals surface area contributed by atoms with Gasteiger partial charge in [-0.3, -0.25) is 0 Å². The first kappa shape index (κ1) is 19.5.